The third kappa shape index (κ3) is 7.76. The average molecular weight is 439 g/mol. The zero-order valence-electron chi connectivity index (χ0n) is 18.6. The topological polar surface area (TPSA) is 58.2 Å². The van der Waals surface area contributed by atoms with Gasteiger partial charge in [0, 0.05) is 0 Å². The summed E-state index contributed by atoms with van der Waals surface area (Å²) in [6.07, 6.45) is 11.4. The molecule has 4 nitrogen and oxygen atoms in total. The van der Waals surface area contributed by atoms with E-state index in [2.05, 4.69) is 41.2 Å². The molecule has 166 valence electrons. The van der Waals surface area contributed by atoms with Crippen molar-refractivity contribution in [1.29, 1.82) is 0 Å². The van der Waals surface area contributed by atoms with Gasteiger partial charge < -0.3 is 5.32 Å². The van der Waals surface area contributed by atoms with Gasteiger partial charge in [-0.25, -0.2) is 13.1 Å². The Morgan fingerprint density at radius 2 is 1.45 bits per heavy atom. The highest BCUT2D eigenvalue weighted by Gasteiger charge is 2.27. The summed E-state index contributed by atoms with van der Waals surface area (Å²) >= 11 is 0. The number of sulfonamides is 1. The molecule has 0 saturated carbocycles. The predicted molar refractivity (Wildman–Crippen MR) is 129 cm³/mol. The largest absolute Gasteiger partial charge is 0.308 e. The number of benzene rings is 2. The minimum absolute atomic E-state index is 0.155. The maximum atomic E-state index is 12.2. The van der Waals surface area contributed by atoms with E-state index in [4.69, 9.17) is 0 Å². The van der Waals surface area contributed by atoms with Crippen LogP contribution in [0.25, 0.3) is 0 Å². The van der Waals surface area contributed by atoms with Crippen LogP contribution < -0.4 is 10.0 Å². The van der Waals surface area contributed by atoms with E-state index in [1.54, 1.807) is 0 Å². The normalized spacial score (nSPS) is 16.3. The van der Waals surface area contributed by atoms with Crippen molar-refractivity contribution >= 4 is 10.0 Å². The molecule has 3 rings (SSSR count). The zero-order chi connectivity index (χ0) is 22.1. The summed E-state index contributed by atoms with van der Waals surface area (Å²) in [5.41, 5.74) is 5.01. The zero-order valence-corrected chi connectivity index (χ0v) is 19.4. The minimum atomic E-state index is -3.38. The second kappa shape index (κ2) is 11.4. The first-order valence-corrected chi connectivity index (χ1v) is 13.0. The predicted octanol–water partition coefficient (Wildman–Crippen LogP) is 5.44. The fraction of sp³-hybridized carbons (Fsp3) is 0.385. The third-order valence-electron chi connectivity index (χ3n) is 5.71. The summed E-state index contributed by atoms with van der Waals surface area (Å²) < 4.78 is 27.2. The Morgan fingerprint density at radius 1 is 0.839 bits per heavy atom. The molecule has 0 aromatic heterocycles. The smallest absolute Gasteiger partial charge is 0.209 e. The van der Waals surface area contributed by atoms with E-state index in [0.717, 1.165) is 49.8 Å². The molecule has 0 bridgehead atoms. The maximum absolute atomic E-state index is 12.2. The van der Waals surface area contributed by atoms with Crippen LogP contribution in [0, 0.1) is 0 Å². The summed E-state index contributed by atoms with van der Waals surface area (Å²) in [4.78, 5) is 0. The van der Waals surface area contributed by atoms with Gasteiger partial charge >= 0.3 is 0 Å². The molecular formula is C26H34N2O2S. The highest BCUT2D eigenvalue weighted by molar-refractivity contribution is 7.88. The molecule has 31 heavy (non-hydrogen) atoms. The number of hydrogen-bond donors (Lipinski definition) is 2. The monoisotopic (exact) mass is 438 g/mol. The molecule has 0 fully saturated rings. The molecule has 1 aliphatic carbocycles. The summed E-state index contributed by atoms with van der Waals surface area (Å²) in [5.74, 6) is 0. The molecule has 0 spiro atoms. The number of hydrogen-bond acceptors (Lipinski definition) is 3. The van der Waals surface area contributed by atoms with Gasteiger partial charge in [-0.3, -0.25) is 0 Å². The molecule has 0 unspecified atom stereocenters. The molecule has 0 heterocycles. The van der Waals surface area contributed by atoms with Crippen LogP contribution in [0.3, 0.4) is 0 Å². The van der Waals surface area contributed by atoms with Gasteiger partial charge in [0.05, 0.1) is 18.3 Å². The first-order valence-electron chi connectivity index (χ1n) is 11.1. The lowest BCUT2D eigenvalue weighted by Gasteiger charge is -2.29. The van der Waals surface area contributed by atoms with Crippen LogP contribution in [0.2, 0.25) is 0 Å². The Kier molecular flexibility index (Phi) is 8.64. The Bertz CT molecular complexity index is 983. The van der Waals surface area contributed by atoms with Crippen LogP contribution in [0.1, 0.15) is 62.2 Å². The van der Waals surface area contributed by atoms with Crippen molar-refractivity contribution in [2.75, 3.05) is 12.8 Å². The molecule has 2 atom stereocenters. The van der Waals surface area contributed by atoms with Crippen molar-refractivity contribution in [3.63, 3.8) is 0 Å². The van der Waals surface area contributed by atoms with Crippen LogP contribution in [0.5, 0.6) is 0 Å². The lowest BCUT2D eigenvalue weighted by atomic mass is 9.93. The van der Waals surface area contributed by atoms with Crippen molar-refractivity contribution in [2.45, 2.75) is 51.1 Å². The summed E-state index contributed by atoms with van der Waals surface area (Å²) in [6, 6.07) is 19.3. The van der Waals surface area contributed by atoms with Gasteiger partial charge in [0.1, 0.15) is 0 Å². The van der Waals surface area contributed by atoms with Gasteiger partial charge in [-0.15, -0.1) is 0 Å². The standard InChI is InChI=1S/C26H34N2O2S/c1-21-16-18-22(19-17-21)11-9-10-20-27-25(23-12-5-3-6-13-23)26(28-31(2,29)30)24-14-7-4-8-15-24/h3-8,12-16,19,25-28H,9-11,17-18,20H2,1-2H3/t25-,26-/m0/s1. The second-order valence-electron chi connectivity index (χ2n) is 8.40. The number of allylic oxidation sites excluding steroid dienone is 4. The Morgan fingerprint density at radius 3 is 2.00 bits per heavy atom. The third-order valence-corrected chi connectivity index (χ3v) is 6.39. The second-order valence-corrected chi connectivity index (χ2v) is 10.2. The fourth-order valence-corrected chi connectivity index (χ4v) is 4.76. The highest BCUT2D eigenvalue weighted by atomic mass is 32.2. The molecule has 2 aromatic rings. The summed E-state index contributed by atoms with van der Waals surface area (Å²) in [7, 11) is -3.38. The van der Waals surface area contributed by atoms with Gasteiger partial charge in [0.2, 0.25) is 10.0 Å². The van der Waals surface area contributed by atoms with Crippen LogP contribution in [-0.2, 0) is 10.0 Å². The highest BCUT2D eigenvalue weighted by Crippen LogP contribution is 2.30. The fourth-order valence-electron chi connectivity index (χ4n) is 4.02. The van der Waals surface area contributed by atoms with Crippen molar-refractivity contribution < 1.29 is 8.42 Å². The quantitative estimate of drug-likeness (QED) is 0.363. The van der Waals surface area contributed by atoms with Crippen LogP contribution in [-0.4, -0.2) is 21.2 Å². The number of unbranched alkanes of at least 4 members (excludes halogenated alkanes) is 1. The molecule has 5 heteroatoms. The van der Waals surface area contributed by atoms with Crippen LogP contribution >= 0.6 is 0 Å². The lowest BCUT2D eigenvalue weighted by molar-refractivity contribution is 0.418. The lowest BCUT2D eigenvalue weighted by Crippen LogP contribution is -2.38. The molecule has 0 amide bonds. The Balaban J connectivity index is 1.68. The molecule has 2 aromatic carbocycles. The van der Waals surface area contributed by atoms with Gasteiger partial charge in [-0.05, 0) is 56.7 Å². The molecule has 0 saturated heterocycles. The molecule has 0 aliphatic heterocycles. The Hall–Kier alpha value is -2.21. The first kappa shape index (κ1) is 23.5. The van der Waals surface area contributed by atoms with E-state index in [0.29, 0.717) is 0 Å². The van der Waals surface area contributed by atoms with E-state index in [1.807, 2.05) is 48.5 Å². The van der Waals surface area contributed by atoms with Crippen LogP contribution in [0.15, 0.2) is 84.0 Å². The van der Waals surface area contributed by atoms with Gasteiger partial charge in [-0.2, -0.15) is 0 Å². The molecule has 0 radical (unpaired) electrons. The van der Waals surface area contributed by atoms with E-state index >= 15 is 0 Å². The van der Waals surface area contributed by atoms with Crippen molar-refractivity contribution in [1.82, 2.24) is 10.0 Å². The molecule has 1 aliphatic rings. The Labute approximate surface area is 187 Å². The molecule has 2 N–H and O–H groups in total. The van der Waals surface area contributed by atoms with Crippen LogP contribution in [0.4, 0.5) is 0 Å². The van der Waals surface area contributed by atoms with E-state index in [1.165, 1.54) is 17.4 Å². The van der Waals surface area contributed by atoms with Crippen molar-refractivity contribution in [3.05, 3.63) is 95.1 Å². The van der Waals surface area contributed by atoms with E-state index < -0.39 is 10.0 Å². The van der Waals surface area contributed by atoms with E-state index in [9.17, 15) is 8.42 Å². The van der Waals surface area contributed by atoms with Crippen molar-refractivity contribution in [3.8, 4) is 0 Å². The number of rotatable bonds is 11. The summed E-state index contributed by atoms with van der Waals surface area (Å²) in [5, 5.41) is 3.64. The number of nitrogens with one attached hydrogen (secondary N) is 2. The van der Waals surface area contributed by atoms with Gasteiger partial charge in [-0.1, -0.05) is 84.0 Å². The average Bonchev–Trinajstić information content (AvgIpc) is 2.77. The van der Waals surface area contributed by atoms with Gasteiger partial charge in [0.15, 0.2) is 0 Å². The summed E-state index contributed by atoms with van der Waals surface area (Å²) in [6.45, 7) is 3.02. The van der Waals surface area contributed by atoms with E-state index in [-0.39, 0.29) is 12.1 Å². The minimum Gasteiger partial charge on any atom is -0.308 e. The SMILES string of the molecule is CC1=CCC(CCCCN[C@@H](c2ccccc2)[C@@H](NS(C)(=O)=O)c2ccccc2)=CC1. The first-order chi connectivity index (χ1) is 14.9. The molecular weight excluding hydrogens is 404 g/mol. The van der Waals surface area contributed by atoms with Crippen molar-refractivity contribution in [2.24, 2.45) is 0 Å². The van der Waals surface area contributed by atoms with Gasteiger partial charge in [0.25, 0.3) is 0 Å². The maximum Gasteiger partial charge on any atom is 0.209 e.